The Hall–Kier alpha value is -8.28. The highest BCUT2D eigenvalue weighted by Crippen LogP contribution is 2.45. The zero-order valence-corrected chi connectivity index (χ0v) is 32.8. The fourth-order valence-electron chi connectivity index (χ4n) is 9.58. The molecule has 4 heterocycles. The van der Waals surface area contributed by atoms with Crippen molar-refractivity contribution in [3.05, 3.63) is 206 Å². The first-order chi connectivity index (χ1) is 30.3. The third-order valence-electron chi connectivity index (χ3n) is 12.3. The van der Waals surface area contributed by atoms with E-state index in [-0.39, 0.29) is 0 Å². The van der Waals surface area contributed by atoms with Crippen LogP contribution in [0.1, 0.15) is 0 Å². The molecule has 0 saturated carbocycles. The van der Waals surface area contributed by atoms with E-state index in [2.05, 4.69) is 191 Å². The summed E-state index contributed by atoms with van der Waals surface area (Å²) in [6.07, 6.45) is 0. The molecule has 0 fully saturated rings. The average Bonchev–Trinajstić information content (AvgIpc) is 4.00. The van der Waals surface area contributed by atoms with Crippen molar-refractivity contribution in [2.75, 3.05) is 0 Å². The van der Waals surface area contributed by atoms with Gasteiger partial charge in [-0.15, -0.1) is 0 Å². The van der Waals surface area contributed by atoms with Gasteiger partial charge in [0.15, 0.2) is 5.82 Å². The third-order valence-corrected chi connectivity index (χ3v) is 12.3. The number of para-hydroxylation sites is 3. The van der Waals surface area contributed by atoms with Gasteiger partial charge in [0, 0.05) is 54.8 Å². The minimum atomic E-state index is 0.694. The van der Waals surface area contributed by atoms with E-state index in [0.717, 1.165) is 93.9 Å². The Labute approximate surface area is 350 Å². The third kappa shape index (κ3) is 5.08. The molecule has 0 bridgehead atoms. The molecule has 284 valence electrons. The molecule has 0 atom stereocenters. The number of rotatable bonds is 5. The number of fused-ring (bicyclic) bond motifs is 12. The van der Waals surface area contributed by atoms with E-state index in [0.29, 0.717) is 5.82 Å². The second-order valence-electron chi connectivity index (χ2n) is 15.7. The van der Waals surface area contributed by atoms with Crippen LogP contribution in [0.4, 0.5) is 0 Å². The summed E-state index contributed by atoms with van der Waals surface area (Å²) in [4.78, 5) is 10.3. The lowest BCUT2D eigenvalue weighted by Crippen LogP contribution is -1.97. The molecule has 0 aliphatic carbocycles. The van der Waals surface area contributed by atoms with E-state index in [9.17, 15) is 0 Å². The van der Waals surface area contributed by atoms with Crippen molar-refractivity contribution in [2.45, 2.75) is 0 Å². The Kier molecular flexibility index (Phi) is 7.24. The standard InChI is InChI=1S/C56H34N4O/c1-3-13-35(14-4-1)36-23-27-39(28-24-36)59-47-21-11-8-19-44(47)51-48(59)34-32-45-52-49(33-31-42-41-17-9-12-22-50(41)61-55(42)52)60(54(45)51)40-29-25-38(26-30-40)56-57-46-20-10-7-18-43(46)53(58-56)37-15-5-2-6-16-37/h1-34H. The van der Waals surface area contributed by atoms with Gasteiger partial charge >= 0.3 is 0 Å². The molecular formula is C56H34N4O. The van der Waals surface area contributed by atoms with Crippen LogP contribution in [0.2, 0.25) is 0 Å². The molecule has 0 radical (unpaired) electrons. The van der Waals surface area contributed by atoms with Crippen LogP contribution in [-0.4, -0.2) is 19.1 Å². The molecule has 0 unspecified atom stereocenters. The van der Waals surface area contributed by atoms with Gasteiger partial charge in [-0.05, 0) is 90.0 Å². The summed E-state index contributed by atoms with van der Waals surface area (Å²) in [7, 11) is 0. The number of aromatic nitrogens is 4. The quantitative estimate of drug-likeness (QED) is 0.175. The summed E-state index contributed by atoms with van der Waals surface area (Å²) >= 11 is 0. The minimum Gasteiger partial charge on any atom is -0.455 e. The monoisotopic (exact) mass is 778 g/mol. The van der Waals surface area contributed by atoms with Crippen LogP contribution in [0.15, 0.2) is 211 Å². The number of hydrogen-bond acceptors (Lipinski definition) is 3. The molecule has 5 nitrogen and oxygen atoms in total. The second kappa shape index (κ2) is 13.1. The van der Waals surface area contributed by atoms with Gasteiger partial charge in [-0.25, -0.2) is 9.97 Å². The van der Waals surface area contributed by atoms with Crippen molar-refractivity contribution in [1.29, 1.82) is 0 Å². The summed E-state index contributed by atoms with van der Waals surface area (Å²) in [5, 5.41) is 7.89. The van der Waals surface area contributed by atoms with Crippen molar-refractivity contribution in [2.24, 2.45) is 0 Å². The predicted octanol–water partition coefficient (Wildman–Crippen LogP) is 14.7. The van der Waals surface area contributed by atoms with Crippen molar-refractivity contribution in [1.82, 2.24) is 19.1 Å². The molecule has 9 aromatic carbocycles. The van der Waals surface area contributed by atoms with Crippen LogP contribution >= 0.6 is 0 Å². The van der Waals surface area contributed by atoms with Gasteiger partial charge in [-0.1, -0.05) is 127 Å². The zero-order valence-electron chi connectivity index (χ0n) is 32.8. The number of hydrogen-bond donors (Lipinski definition) is 0. The maximum atomic E-state index is 6.77. The summed E-state index contributed by atoms with van der Waals surface area (Å²) in [5.74, 6) is 0.694. The van der Waals surface area contributed by atoms with E-state index in [1.54, 1.807) is 0 Å². The number of benzene rings is 9. The number of nitrogens with zero attached hydrogens (tertiary/aromatic N) is 4. The fourth-order valence-corrected chi connectivity index (χ4v) is 9.58. The second-order valence-corrected chi connectivity index (χ2v) is 15.7. The minimum absolute atomic E-state index is 0.694. The highest BCUT2D eigenvalue weighted by atomic mass is 16.3. The molecule has 0 saturated heterocycles. The number of furan rings is 1. The van der Waals surface area contributed by atoms with E-state index in [4.69, 9.17) is 14.4 Å². The zero-order chi connectivity index (χ0) is 40.0. The predicted molar refractivity (Wildman–Crippen MR) is 252 cm³/mol. The molecule has 0 aliphatic rings. The smallest absolute Gasteiger partial charge is 0.160 e. The van der Waals surface area contributed by atoms with E-state index >= 15 is 0 Å². The molecule has 0 N–H and O–H groups in total. The molecule has 13 rings (SSSR count). The molecule has 5 heteroatoms. The molecule has 0 spiro atoms. The van der Waals surface area contributed by atoms with Crippen LogP contribution in [0.3, 0.4) is 0 Å². The van der Waals surface area contributed by atoms with Gasteiger partial charge in [0.05, 0.1) is 38.7 Å². The fraction of sp³-hybridized carbons (Fsp3) is 0. The lowest BCUT2D eigenvalue weighted by Gasteiger charge is -2.12. The van der Waals surface area contributed by atoms with E-state index < -0.39 is 0 Å². The van der Waals surface area contributed by atoms with Gasteiger partial charge in [0.25, 0.3) is 0 Å². The average molecular weight is 779 g/mol. The summed E-state index contributed by atoms with van der Waals surface area (Å²) in [6.45, 7) is 0. The van der Waals surface area contributed by atoms with Gasteiger partial charge in [0.1, 0.15) is 11.2 Å². The van der Waals surface area contributed by atoms with Crippen molar-refractivity contribution < 1.29 is 4.42 Å². The topological polar surface area (TPSA) is 48.8 Å². The Morgan fingerprint density at radius 2 is 0.918 bits per heavy atom. The Balaban J connectivity index is 1.07. The Morgan fingerprint density at radius 1 is 0.344 bits per heavy atom. The van der Waals surface area contributed by atoms with E-state index in [1.165, 1.54) is 21.9 Å². The molecule has 61 heavy (non-hydrogen) atoms. The maximum absolute atomic E-state index is 6.77. The maximum Gasteiger partial charge on any atom is 0.160 e. The first-order valence-corrected chi connectivity index (χ1v) is 20.7. The van der Waals surface area contributed by atoms with Crippen molar-refractivity contribution in [3.8, 4) is 45.1 Å². The van der Waals surface area contributed by atoms with Crippen molar-refractivity contribution >= 4 is 76.5 Å². The SMILES string of the molecule is c1ccc(-c2ccc(-n3c4ccccc4c4c3ccc3c5c6oc7ccccc7c6ccc5n(-c5ccc(-c6nc(-c7ccccc7)c7ccccc7n6)cc5)c34)cc2)cc1. The molecule has 0 aliphatic heterocycles. The molecule has 0 amide bonds. The van der Waals surface area contributed by atoms with E-state index in [1.807, 2.05) is 24.3 Å². The van der Waals surface area contributed by atoms with Crippen LogP contribution in [0.5, 0.6) is 0 Å². The van der Waals surface area contributed by atoms with Gasteiger partial charge in [-0.3, -0.25) is 0 Å². The largest absolute Gasteiger partial charge is 0.455 e. The highest BCUT2D eigenvalue weighted by Gasteiger charge is 2.24. The summed E-state index contributed by atoms with van der Waals surface area (Å²) < 4.78 is 11.6. The first-order valence-electron chi connectivity index (χ1n) is 20.7. The lowest BCUT2D eigenvalue weighted by atomic mass is 10.1. The van der Waals surface area contributed by atoms with Crippen molar-refractivity contribution in [3.63, 3.8) is 0 Å². The Bertz CT molecular complexity index is 3840. The van der Waals surface area contributed by atoms with Crippen LogP contribution in [0.25, 0.3) is 122 Å². The molecule has 13 aromatic rings. The first kappa shape index (κ1) is 33.7. The normalized spacial score (nSPS) is 11.9. The van der Waals surface area contributed by atoms with Crippen LogP contribution in [-0.2, 0) is 0 Å². The van der Waals surface area contributed by atoms with Gasteiger partial charge < -0.3 is 13.6 Å². The van der Waals surface area contributed by atoms with Gasteiger partial charge in [-0.2, -0.15) is 0 Å². The van der Waals surface area contributed by atoms with Crippen LogP contribution in [0, 0.1) is 0 Å². The van der Waals surface area contributed by atoms with Gasteiger partial charge in [0.2, 0.25) is 0 Å². The molecular weight excluding hydrogens is 745 g/mol. The van der Waals surface area contributed by atoms with Crippen LogP contribution < -0.4 is 0 Å². The Morgan fingerprint density at radius 3 is 1.69 bits per heavy atom. The summed E-state index contributed by atoms with van der Waals surface area (Å²) in [6, 6.07) is 73.0. The highest BCUT2D eigenvalue weighted by molar-refractivity contribution is 6.31. The molecule has 4 aromatic heterocycles. The lowest BCUT2D eigenvalue weighted by molar-refractivity contribution is 0.673. The summed E-state index contributed by atoms with van der Waals surface area (Å²) in [5.41, 5.74) is 14.7.